The molecule has 3 aromatic rings. The topological polar surface area (TPSA) is 59.6 Å². The Kier molecular flexibility index (Phi) is 7.11. The standard InChI is InChI=1S/C24H26N2O3/c1-3-28-21-14-10-19(11-15-21)25-23(18-8-6-5-7-9-18)24(27)26-20-12-16-22(17-13-20)29-4-2/h5-17,23,25H,3-4H2,1-2H3,(H,26,27). The Balaban J connectivity index is 1.76. The minimum absolute atomic E-state index is 0.144. The summed E-state index contributed by atoms with van der Waals surface area (Å²) in [6.45, 7) is 5.10. The quantitative estimate of drug-likeness (QED) is 0.522. The maximum absolute atomic E-state index is 13.1. The largest absolute Gasteiger partial charge is 0.494 e. The molecule has 150 valence electrons. The molecule has 0 fully saturated rings. The zero-order valence-corrected chi connectivity index (χ0v) is 16.7. The molecule has 1 unspecified atom stereocenters. The number of hydrogen-bond donors (Lipinski definition) is 2. The molecular formula is C24H26N2O3. The molecule has 5 nitrogen and oxygen atoms in total. The van der Waals surface area contributed by atoms with Crippen LogP contribution >= 0.6 is 0 Å². The maximum Gasteiger partial charge on any atom is 0.251 e. The van der Waals surface area contributed by atoms with Crippen molar-refractivity contribution in [1.29, 1.82) is 0 Å². The molecule has 0 saturated carbocycles. The average Bonchev–Trinajstić information content (AvgIpc) is 2.75. The van der Waals surface area contributed by atoms with E-state index in [1.807, 2.05) is 92.7 Å². The van der Waals surface area contributed by atoms with E-state index in [-0.39, 0.29) is 5.91 Å². The number of benzene rings is 3. The van der Waals surface area contributed by atoms with Gasteiger partial charge in [-0.05, 0) is 67.9 Å². The predicted octanol–water partition coefficient (Wildman–Crippen LogP) is 5.28. The SMILES string of the molecule is CCOc1ccc(NC(=O)C(Nc2ccc(OCC)cc2)c2ccccc2)cc1. The fourth-order valence-corrected chi connectivity index (χ4v) is 2.94. The Morgan fingerprint density at radius 3 is 1.79 bits per heavy atom. The van der Waals surface area contributed by atoms with Crippen LogP contribution in [-0.4, -0.2) is 19.1 Å². The van der Waals surface area contributed by atoms with Crippen molar-refractivity contribution < 1.29 is 14.3 Å². The Labute approximate surface area is 171 Å². The van der Waals surface area contributed by atoms with Crippen molar-refractivity contribution in [1.82, 2.24) is 0 Å². The Hall–Kier alpha value is -3.47. The second kappa shape index (κ2) is 10.2. The van der Waals surface area contributed by atoms with Crippen molar-refractivity contribution >= 4 is 17.3 Å². The van der Waals surface area contributed by atoms with Crippen LogP contribution in [0.1, 0.15) is 25.5 Å². The Bertz CT molecular complexity index is 894. The van der Waals surface area contributed by atoms with Crippen LogP contribution < -0.4 is 20.1 Å². The van der Waals surface area contributed by atoms with Gasteiger partial charge in [0.25, 0.3) is 5.91 Å². The van der Waals surface area contributed by atoms with Gasteiger partial charge in [0, 0.05) is 11.4 Å². The van der Waals surface area contributed by atoms with Crippen molar-refractivity contribution in [3.8, 4) is 11.5 Å². The molecule has 3 rings (SSSR count). The van der Waals surface area contributed by atoms with E-state index in [9.17, 15) is 4.79 Å². The van der Waals surface area contributed by atoms with Gasteiger partial charge < -0.3 is 20.1 Å². The van der Waals surface area contributed by atoms with Crippen molar-refractivity contribution in [2.45, 2.75) is 19.9 Å². The fraction of sp³-hybridized carbons (Fsp3) is 0.208. The summed E-state index contributed by atoms with van der Waals surface area (Å²) in [5.74, 6) is 1.43. The van der Waals surface area contributed by atoms with Crippen LogP contribution in [0.3, 0.4) is 0 Å². The first-order valence-corrected chi connectivity index (χ1v) is 9.77. The lowest BCUT2D eigenvalue weighted by Gasteiger charge is -2.20. The molecule has 0 aliphatic heterocycles. The van der Waals surface area contributed by atoms with Gasteiger partial charge in [0.1, 0.15) is 17.5 Å². The zero-order chi connectivity index (χ0) is 20.5. The van der Waals surface area contributed by atoms with E-state index in [0.717, 1.165) is 22.7 Å². The number of carbonyl (C=O) groups excluding carboxylic acids is 1. The highest BCUT2D eigenvalue weighted by Crippen LogP contribution is 2.24. The molecular weight excluding hydrogens is 364 g/mol. The second-order valence-corrected chi connectivity index (χ2v) is 6.39. The third-order valence-electron chi connectivity index (χ3n) is 4.30. The van der Waals surface area contributed by atoms with Crippen molar-refractivity contribution in [3.63, 3.8) is 0 Å². The minimum atomic E-state index is -0.541. The molecule has 0 saturated heterocycles. The van der Waals surface area contributed by atoms with Gasteiger partial charge in [-0.15, -0.1) is 0 Å². The van der Waals surface area contributed by atoms with Crippen LogP contribution in [0.15, 0.2) is 78.9 Å². The number of rotatable bonds is 9. The lowest BCUT2D eigenvalue weighted by molar-refractivity contribution is -0.117. The van der Waals surface area contributed by atoms with Crippen LogP contribution in [0, 0.1) is 0 Å². The molecule has 1 amide bonds. The van der Waals surface area contributed by atoms with Crippen LogP contribution in [0.5, 0.6) is 11.5 Å². The summed E-state index contributed by atoms with van der Waals surface area (Å²) in [5.41, 5.74) is 2.43. The summed E-state index contributed by atoms with van der Waals surface area (Å²) >= 11 is 0. The maximum atomic E-state index is 13.1. The van der Waals surface area contributed by atoms with Crippen molar-refractivity contribution in [2.75, 3.05) is 23.8 Å². The fourth-order valence-electron chi connectivity index (χ4n) is 2.94. The summed E-state index contributed by atoms with van der Waals surface area (Å²) in [7, 11) is 0. The lowest BCUT2D eigenvalue weighted by atomic mass is 10.1. The third kappa shape index (κ3) is 5.75. The van der Waals surface area contributed by atoms with Gasteiger partial charge in [-0.1, -0.05) is 30.3 Å². The Morgan fingerprint density at radius 2 is 1.28 bits per heavy atom. The smallest absolute Gasteiger partial charge is 0.251 e. The highest BCUT2D eigenvalue weighted by atomic mass is 16.5. The van der Waals surface area contributed by atoms with Crippen LogP contribution in [0.4, 0.5) is 11.4 Å². The van der Waals surface area contributed by atoms with Gasteiger partial charge >= 0.3 is 0 Å². The van der Waals surface area contributed by atoms with E-state index < -0.39 is 6.04 Å². The van der Waals surface area contributed by atoms with Gasteiger partial charge in [0.15, 0.2) is 0 Å². The molecule has 0 aliphatic carbocycles. The molecule has 0 radical (unpaired) electrons. The van der Waals surface area contributed by atoms with Crippen LogP contribution in [0.2, 0.25) is 0 Å². The summed E-state index contributed by atoms with van der Waals surface area (Å²) in [6, 6.07) is 24.1. The molecule has 1 atom stereocenters. The van der Waals surface area contributed by atoms with Crippen LogP contribution in [0.25, 0.3) is 0 Å². The minimum Gasteiger partial charge on any atom is -0.494 e. The highest BCUT2D eigenvalue weighted by molar-refractivity contribution is 5.97. The number of nitrogens with one attached hydrogen (secondary N) is 2. The van der Waals surface area contributed by atoms with Crippen molar-refractivity contribution in [2.24, 2.45) is 0 Å². The molecule has 0 aromatic heterocycles. The van der Waals surface area contributed by atoms with E-state index in [0.29, 0.717) is 18.9 Å². The summed E-state index contributed by atoms with van der Waals surface area (Å²) in [5, 5.41) is 6.30. The van der Waals surface area contributed by atoms with Gasteiger partial charge in [0.05, 0.1) is 13.2 Å². The number of amides is 1. The third-order valence-corrected chi connectivity index (χ3v) is 4.30. The molecule has 0 aliphatic rings. The van der Waals surface area contributed by atoms with Gasteiger partial charge in [-0.25, -0.2) is 0 Å². The molecule has 0 bridgehead atoms. The van der Waals surface area contributed by atoms with Gasteiger partial charge in [0.2, 0.25) is 0 Å². The average molecular weight is 390 g/mol. The Morgan fingerprint density at radius 1 is 0.759 bits per heavy atom. The summed E-state index contributed by atoms with van der Waals surface area (Å²) in [4.78, 5) is 13.1. The normalized spacial score (nSPS) is 11.4. The van der Waals surface area contributed by atoms with E-state index in [1.54, 1.807) is 0 Å². The number of ether oxygens (including phenoxy) is 2. The monoisotopic (exact) mass is 390 g/mol. The highest BCUT2D eigenvalue weighted by Gasteiger charge is 2.20. The first kappa shape index (κ1) is 20.3. The van der Waals surface area contributed by atoms with E-state index in [2.05, 4.69) is 10.6 Å². The summed E-state index contributed by atoms with van der Waals surface area (Å²) in [6.07, 6.45) is 0. The lowest BCUT2D eigenvalue weighted by Crippen LogP contribution is -2.27. The van der Waals surface area contributed by atoms with E-state index in [4.69, 9.17) is 9.47 Å². The number of carbonyl (C=O) groups is 1. The zero-order valence-electron chi connectivity index (χ0n) is 16.7. The van der Waals surface area contributed by atoms with Crippen molar-refractivity contribution in [3.05, 3.63) is 84.4 Å². The van der Waals surface area contributed by atoms with E-state index >= 15 is 0 Å². The number of hydrogen-bond acceptors (Lipinski definition) is 4. The van der Waals surface area contributed by atoms with Gasteiger partial charge in [-0.3, -0.25) is 4.79 Å². The van der Waals surface area contributed by atoms with Crippen LogP contribution in [-0.2, 0) is 4.79 Å². The second-order valence-electron chi connectivity index (χ2n) is 6.39. The first-order chi connectivity index (χ1) is 14.2. The first-order valence-electron chi connectivity index (χ1n) is 9.77. The summed E-state index contributed by atoms with van der Waals surface area (Å²) < 4.78 is 10.9. The molecule has 3 aromatic carbocycles. The molecule has 5 heteroatoms. The molecule has 2 N–H and O–H groups in total. The predicted molar refractivity (Wildman–Crippen MR) is 117 cm³/mol. The van der Waals surface area contributed by atoms with E-state index in [1.165, 1.54) is 0 Å². The molecule has 29 heavy (non-hydrogen) atoms. The number of anilines is 2. The van der Waals surface area contributed by atoms with Gasteiger partial charge in [-0.2, -0.15) is 0 Å². The molecule has 0 heterocycles. The molecule has 0 spiro atoms.